The summed E-state index contributed by atoms with van der Waals surface area (Å²) in [5.41, 5.74) is 5.27. The molecule has 0 aromatic carbocycles. The Bertz CT molecular complexity index is 353. The van der Waals surface area contributed by atoms with Gasteiger partial charge in [0.05, 0.1) is 0 Å². The molecule has 0 unspecified atom stereocenters. The van der Waals surface area contributed by atoms with Crippen LogP contribution in [0.2, 0.25) is 0 Å². The summed E-state index contributed by atoms with van der Waals surface area (Å²) >= 11 is 0. The van der Waals surface area contributed by atoms with Gasteiger partial charge < -0.3 is 15.5 Å². The molecule has 2 N–H and O–H groups in total. The van der Waals surface area contributed by atoms with Crippen LogP contribution in [-0.4, -0.2) is 73.6 Å². The number of nitrogens with zero attached hydrogens (tertiary/aromatic N) is 3. The first kappa shape index (κ1) is 16.7. The van der Waals surface area contributed by atoms with Gasteiger partial charge in [-0.1, -0.05) is 0 Å². The highest BCUT2D eigenvalue weighted by molar-refractivity contribution is 5.85. The molecule has 2 aliphatic heterocycles. The van der Waals surface area contributed by atoms with Crippen LogP contribution in [0.4, 0.5) is 0 Å². The van der Waals surface area contributed by atoms with Gasteiger partial charge in [-0.05, 0) is 78.7 Å². The second-order valence-electron chi connectivity index (χ2n) is 7.31. The molecule has 0 aromatic rings. The van der Waals surface area contributed by atoms with Crippen molar-refractivity contribution in [2.24, 2.45) is 17.6 Å². The topological polar surface area (TPSA) is 52.8 Å². The lowest BCUT2D eigenvalue weighted by Crippen LogP contribution is -2.62. The second-order valence-corrected chi connectivity index (χ2v) is 7.31. The van der Waals surface area contributed by atoms with Crippen molar-refractivity contribution in [3.63, 3.8) is 0 Å². The number of hydrogen-bond donors (Lipinski definition) is 1. The Hall–Kier alpha value is -0.650. The third kappa shape index (κ3) is 3.76. The van der Waals surface area contributed by atoms with Crippen LogP contribution in [0.3, 0.4) is 0 Å². The molecule has 0 spiro atoms. The number of piperidine rings is 2. The van der Waals surface area contributed by atoms with Crippen LogP contribution in [0.1, 0.15) is 32.6 Å². The maximum Gasteiger partial charge on any atom is 0.257 e. The fraction of sp³-hybridized carbons (Fsp3) is 0.938. The fourth-order valence-electron chi connectivity index (χ4n) is 3.59. The van der Waals surface area contributed by atoms with Crippen LogP contribution < -0.4 is 5.73 Å². The Labute approximate surface area is 129 Å². The molecular formula is C16H32N4O. The van der Waals surface area contributed by atoms with Gasteiger partial charge in [-0.15, -0.1) is 0 Å². The van der Waals surface area contributed by atoms with Crippen LogP contribution >= 0.6 is 0 Å². The minimum absolute atomic E-state index is 0.0642. The van der Waals surface area contributed by atoms with Crippen LogP contribution in [0.15, 0.2) is 0 Å². The van der Waals surface area contributed by atoms with Crippen molar-refractivity contribution in [3.8, 4) is 0 Å². The molecule has 1 atom stereocenters. The van der Waals surface area contributed by atoms with Crippen LogP contribution in [-0.2, 0) is 4.79 Å². The Morgan fingerprint density at radius 1 is 1.05 bits per heavy atom. The van der Waals surface area contributed by atoms with Crippen molar-refractivity contribution >= 4 is 5.91 Å². The number of rotatable bonds is 3. The van der Waals surface area contributed by atoms with Gasteiger partial charge in [0, 0.05) is 13.1 Å². The summed E-state index contributed by atoms with van der Waals surface area (Å²) in [5.74, 6) is 1.72. The zero-order valence-corrected chi connectivity index (χ0v) is 14.1. The number of hydrogen-bond acceptors (Lipinski definition) is 4. The number of nitrogens with two attached hydrogens (primary N) is 1. The van der Waals surface area contributed by atoms with E-state index in [1.807, 2.05) is 19.0 Å². The Kier molecular flexibility index (Phi) is 5.28. The normalized spacial score (nSPS) is 26.1. The summed E-state index contributed by atoms with van der Waals surface area (Å²) in [6.45, 7) is 6.00. The van der Waals surface area contributed by atoms with Crippen molar-refractivity contribution in [2.45, 2.75) is 38.3 Å². The smallest absolute Gasteiger partial charge is 0.257 e. The largest absolute Gasteiger partial charge is 0.340 e. The quantitative estimate of drug-likeness (QED) is 0.783. The minimum Gasteiger partial charge on any atom is -0.340 e. The third-order valence-corrected chi connectivity index (χ3v) is 5.62. The van der Waals surface area contributed by atoms with E-state index in [-0.39, 0.29) is 5.91 Å². The lowest BCUT2D eigenvalue weighted by atomic mass is 9.79. The third-order valence-electron chi connectivity index (χ3n) is 5.62. The lowest BCUT2D eigenvalue weighted by molar-refractivity contribution is -0.143. The van der Waals surface area contributed by atoms with Gasteiger partial charge in [-0.3, -0.25) is 9.69 Å². The number of likely N-dealkylation sites (tertiary alicyclic amines) is 2. The van der Waals surface area contributed by atoms with E-state index in [0.29, 0.717) is 0 Å². The zero-order chi connectivity index (χ0) is 15.6. The van der Waals surface area contributed by atoms with E-state index in [2.05, 4.69) is 11.9 Å². The molecule has 2 fully saturated rings. The Morgan fingerprint density at radius 2 is 1.48 bits per heavy atom. The molecule has 122 valence electrons. The summed E-state index contributed by atoms with van der Waals surface area (Å²) < 4.78 is 0. The highest BCUT2D eigenvalue weighted by atomic mass is 16.2. The Morgan fingerprint density at radius 3 is 1.90 bits per heavy atom. The van der Waals surface area contributed by atoms with Gasteiger partial charge >= 0.3 is 0 Å². The van der Waals surface area contributed by atoms with Crippen molar-refractivity contribution in [2.75, 3.05) is 47.3 Å². The molecule has 2 heterocycles. The number of likely N-dealkylation sites (N-methyl/N-ethyl adjacent to an activating group) is 1. The molecule has 0 radical (unpaired) electrons. The van der Waals surface area contributed by atoms with Crippen LogP contribution in [0.25, 0.3) is 0 Å². The minimum atomic E-state index is -0.889. The van der Waals surface area contributed by atoms with Gasteiger partial charge in [0.2, 0.25) is 0 Å². The maximum absolute atomic E-state index is 12.5. The molecule has 2 saturated heterocycles. The van der Waals surface area contributed by atoms with Crippen LogP contribution in [0, 0.1) is 11.8 Å². The van der Waals surface area contributed by atoms with Crippen molar-refractivity contribution < 1.29 is 4.79 Å². The summed E-state index contributed by atoms with van der Waals surface area (Å²) in [7, 11) is 5.94. The molecule has 2 rings (SSSR count). The van der Waals surface area contributed by atoms with Gasteiger partial charge in [0.25, 0.3) is 5.91 Å². The summed E-state index contributed by atoms with van der Waals surface area (Å²) in [6.07, 6.45) is 4.93. The lowest BCUT2D eigenvalue weighted by Gasteiger charge is -2.42. The average Bonchev–Trinajstić information content (AvgIpc) is 2.47. The average molecular weight is 296 g/mol. The van der Waals surface area contributed by atoms with E-state index in [4.69, 9.17) is 5.73 Å². The molecule has 0 aliphatic carbocycles. The molecule has 2 aliphatic rings. The van der Waals surface area contributed by atoms with E-state index in [9.17, 15) is 4.79 Å². The van der Waals surface area contributed by atoms with Crippen molar-refractivity contribution in [1.29, 1.82) is 0 Å². The summed E-state index contributed by atoms with van der Waals surface area (Å²) in [5, 5.41) is 0. The Balaban J connectivity index is 1.84. The molecule has 21 heavy (non-hydrogen) atoms. The molecule has 1 amide bonds. The van der Waals surface area contributed by atoms with E-state index in [1.165, 1.54) is 25.9 Å². The van der Waals surface area contributed by atoms with Crippen LogP contribution in [0.5, 0.6) is 0 Å². The number of amides is 1. The number of carbonyl (C=O) groups excluding carboxylic acids is 1. The second kappa shape index (κ2) is 6.63. The first-order chi connectivity index (χ1) is 9.82. The van der Waals surface area contributed by atoms with Gasteiger partial charge in [0.1, 0.15) is 5.66 Å². The molecule has 5 nitrogen and oxygen atoms in total. The molecular weight excluding hydrogens is 264 g/mol. The molecule has 0 saturated carbocycles. The number of carbonyl (C=O) groups is 1. The standard InChI is InChI=1S/C16H32N4O/c1-16(17,18(2)3)15(21)20-11-7-14(8-12-20)13-5-9-19(4)10-6-13/h13-14H,5-12,17H2,1-4H3/t16-/m1/s1. The van der Waals surface area contributed by atoms with Gasteiger partial charge in [0.15, 0.2) is 0 Å². The predicted octanol–water partition coefficient (Wildman–Crippen LogP) is 0.803. The highest BCUT2D eigenvalue weighted by Crippen LogP contribution is 2.32. The first-order valence-corrected chi connectivity index (χ1v) is 8.26. The summed E-state index contributed by atoms with van der Waals surface area (Å²) in [6, 6.07) is 0. The zero-order valence-electron chi connectivity index (χ0n) is 14.1. The maximum atomic E-state index is 12.5. The van der Waals surface area contributed by atoms with Crippen molar-refractivity contribution in [1.82, 2.24) is 14.7 Å². The fourth-order valence-corrected chi connectivity index (χ4v) is 3.59. The predicted molar refractivity (Wildman–Crippen MR) is 85.8 cm³/mol. The van der Waals surface area contributed by atoms with E-state index in [1.54, 1.807) is 11.8 Å². The molecule has 5 heteroatoms. The van der Waals surface area contributed by atoms with E-state index >= 15 is 0 Å². The van der Waals surface area contributed by atoms with E-state index in [0.717, 1.165) is 37.8 Å². The van der Waals surface area contributed by atoms with Gasteiger partial charge in [-0.2, -0.15) is 0 Å². The highest BCUT2D eigenvalue weighted by Gasteiger charge is 2.37. The van der Waals surface area contributed by atoms with Crippen molar-refractivity contribution in [3.05, 3.63) is 0 Å². The monoisotopic (exact) mass is 296 g/mol. The molecule has 0 bridgehead atoms. The van der Waals surface area contributed by atoms with E-state index < -0.39 is 5.66 Å². The summed E-state index contributed by atoms with van der Waals surface area (Å²) in [4.78, 5) is 18.7. The first-order valence-electron chi connectivity index (χ1n) is 8.26. The molecule has 0 aromatic heterocycles. The van der Waals surface area contributed by atoms with Gasteiger partial charge in [-0.25, -0.2) is 0 Å². The SMILES string of the molecule is CN1CCC(C2CCN(C(=O)[C@](C)(N)N(C)C)CC2)CC1.